The molecule has 13 heteroatoms. The fraction of sp³-hybridized carbons (Fsp3) is 0.0833. The third-order valence-corrected chi connectivity index (χ3v) is 6.71. The maximum Gasteiger partial charge on any atom is 0.416 e. The standard InChI is InChI=1S/C24H13Cl2F3N2O5S/c25-17-6-4-14(9-18(17)26)12-30-22(32)21(37-23(30)33)10-13-2-1-3-16(8-13)36-20-7-5-15(24(27,28)29)11-19(20)31(34)35/h1-11H,12H2/b21-10+. The van der Waals surface area contributed by atoms with Crippen LogP contribution in [0, 0.1) is 10.1 Å². The second kappa shape index (κ2) is 10.4. The molecule has 0 atom stereocenters. The molecule has 37 heavy (non-hydrogen) atoms. The Morgan fingerprint density at radius 2 is 1.78 bits per heavy atom. The minimum Gasteiger partial charge on any atom is -0.450 e. The minimum atomic E-state index is -4.76. The van der Waals surface area contributed by atoms with Gasteiger partial charge in [-0.1, -0.05) is 41.4 Å². The first-order valence-electron chi connectivity index (χ1n) is 10.3. The molecule has 1 fully saturated rings. The highest BCUT2D eigenvalue weighted by atomic mass is 35.5. The van der Waals surface area contributed by atoms with Crippen LogP contribution in [0.4, 0.5) is 23.7 Å². The van der Waals surface area contributed by atoms with E-state index in [0.29, 0.717) is 28.3 Å². The highest BCUT2D eigenvalue weighted by Crippen LogP contribution is 2.39. The fourth-order valence-electron chi connectivity index (χ4n) is 3.33. The average Bonchev–Trinajstić information content (AvgIpc) is 3.08. The third kappa shape index (κ3) is 6.07. The SMILES string of the molecule is O=C1S/C(=C/c2cccc(Oc3ccc(C(F)(F)F)cc3[N+](=O)[O-])c2)C(=O)N1Cc1ccc(Cl)c(Cl)c1. The van der Waals surface area contributed by atoms with Crippen LogP contribution in [0.25, 0.3) is 6.08 Å². The van der Waals surface area contributed by atoms with Gasteiger partial charge in [0.15, 0.2) is 0 Å². The van der Waals surface area contributed by atoms with Gasteiger partial charge in [0.1, 0.15) is 5.75 Å². The number of ether oxygens (including phenoxy) is 1. The van der Waals surface area contributed by atoms with Crippen LogP contribution in [0.1, 0.15) is 16.7 Å². The molecule has 190 valence electrons. The lowest BCUT2D eigenvalue weighted by molar-refractivity contribution is -0.385. The van der Waals surface area contributed by atoms with Crippen LogP contribution in [-0.2, 0) is 17.5 Å². The van der Waals surface area contributed by atoms with Crippen molar-refractivity contribution >= 4 is 57.9 Å². The molecule has 0 N–H and O–H groups in total. The molecule has 4 rings (SSSR count). The maximum atomic E-state index is 12.9. The Bertz CT molecular complexity index is 1460. The quantitative estimate of drug-likeness (QED) is 0.170. The summed E-state index contributed by atoms with van der Waals surface area (Å²) in [5.41, 5.74) is -1.01. The number of amides is 2. The van der Waals surface area contributed by atoms with E-state index in [9.17, 15) is 32.9 Å². The molecule has 2 amide bonds. The number of nitro benzene ring substituents is 1. The monoisotopic (exact) mass is 568 g/mol. The van der Waals surface area contributed by atoms with Gasteiger partial charge < -0.3 is 4.74 Å². The van der Waals surface area contributed by atoms with Crippen LogP contribution in [0.2, 0.25) is 10.0 Å². The number of hydrogen-bond acceptors (Lipinski definition) is 6. The topological polar surface area (TPSA) is 89.7 Å². The Kier molecular flexibility index (Phi) is 7.49. The Labute approximate surface area is 221 Å². The summed E-state index contributed by atoms with van der Waals surface area (Å²) in [6, 6.07) is 12.7. The summed E-state index contributed by atoms with van der Waals surface area (Å²) in [6.45, 7) is -0.0143. The van der Waals surface area contributed by atoms with Crippen LogP contribution in [0.5, 0.6) is 11.5 Å². The zero-order chi connectivity index (χ0) is 26.9. The molecule has 0 aromatic heterocycles. The first-order valence-corrected chi connectivity index (χ1v) is 11.8. The second-order valence-electron chi connectivity index (χ2n) is 7.63. The van der Waals surface area contributed by atoms with Crippen molar-refractivity contribution in [1.82, 2.24) is 4.90 Å². The molecule has 0 bridgehead atoms. The molecule has 0 radical (unpaired) electrons. The molecule has 0 spiro atoms. The van der Waals surface area contributed by atoms with Gasteiger partial charge in [-0.25, -0.2) is 0 Å². The molecular weight excluding hydrogens is 556 g/mol. The van der Waals surface area contributed by atoms with Crippen molar-refractivity contribution in [2.24, 2.45) is 0 Å². The van der Waals surface area contributed by atoms with E-state index in [1.165, 1.54) is 24.3 Å². The van der Waals surface area contributed by atoms with Crippen LogP contribution in [0.15, 0.2) is 65.6 Å². The van der Waals surface area contributed by atoms with Gasteiger partial charge in [-0.05, 0) is 65.4 Å². The van der Waals surface area contributed by atoms with Crippen molar-refractivity contribution in [1.29, 1.82) is 0 Å². The van der Waals surface area contributed by atoms with Crippen LogP contribution in [-0.4, -0.2) is 21.0 Å². The molecule has 3 aromatic rings. The van der Waals surface area contributed by atoms with E-state index in [1.54, 1.807) is 24.3 Å². The van der Waals surface area contributed by atoms with Crippen molar-refractivity contribution in [3.63, 3.8) is 0 Å². The Hall–Kier alpha value is -3.54. The molecule has 0 aliphatic carbocycles. The lowest BCUT2D eigenvalue weighted by atomic mass is 10.1. The number of carbonyl (C=O) groups is 2. The number of nitrogens with zero attached hydrogens (tertiary/aromatic N) is 2. The summed E-state index contributed by atoms with van der Waals surface area (Å²) in [5.74, 6) is -0.852. The molecular formula is C24H13Cl2F3N2O5S. The van der Waals surface area contributed by atoms with Gasteiger partial charge in [0.25, 0.3) is 11.1 Å². The van der Waals surface area contributed by atoms with Gasteiger partial charge in [0, 0.05) is 6.07 Å². The minimum absolute atomic E-state index is 0.0143. The number of rotatable bonds is 6. The van der Waals surface area contributed by atoms with Crippen molar-refractivity contribution in [2.45, 2.75) is 12.7 Å². The van der Waals surface area contributed by atoms with Gasteiger partial charge in [0.05, 0.1) is 32.0 Å². The second-order valence-corrected chi connectivity index (χ2v) is 9.44. The van der Waals surface area contributed by atoms with Crippen molar-refractivity contribution in [2.75, 3.05) is 0 Å². The van der Waals surface area contributed by atoms with Gasteiger partial charge in [0.2, 0.25) is 5.75 Å². The van der Waals surface area contributed by atoms with Crippen molar-refractivity contribution in [3.8, 4) is 11.5 Å². The zero-order valence-electron chi connectivity index (χ0n) is 18.3. The fourth-order valence-corrected chi connectivity index (χ4v) is 4.48. The van der Waals surface area contributed by atoms with E-state index in [2.05, 4.69) is 0 Å². The number of benzene rings is 3. The number of hydrogen-bond donors (Lipinski definition) is 0. The highest BCUT2D eigenvalue weighted by Gasteiger charge is 2.35. The Morgan fingerprint density at radius 3 is 2.46 bits per heavy atom. The number of halogens is 5. The molecule has 0 saturated carbocycles. The first kappa shape index (κ1) is 26.5. The molecule has 1 heterocycles. The summed E-state index contributed by atoms with van der Waals surface area (Å²) in [4.78, 5) is 36.8. The Balaban J connectivity index is 1.55. The number of alkyl halides is 3. The summed E-state index contributed by atoms with van der Waals surface area (Å²) in [7, 11) is 0. The molecule has 1 aliphatic rings. The number of nitro groups is 1. The molecule has 7 nitrogen and oxygen atoms in total. The van der Waals surface area contributed by atoms with E-state index in [0.717, 1.165) is 22.7 Å². The van der Waals surface area contributed by atoms with Crippen molar-refractivity contribution in [3.05, 3.63) is 102 Å². The van der Waals surface area contributed by atoms with Crippen molar-refractivity contribution < 1.29 is 32.4 Å². The average molecular weight is 569 g/mol. The summed E-state index contributed by atoms with van der Waals surface area (Å²) in [6.07, 6.45) is -3.32. The maximum absolute atomic E-state index is 12.9. The summed E-state index contributed by atoms with van der Waals surface area (Å²) >= 11 is 12.6. The van der Waals surface area contributed by atoms with E-state index < -0.39 is 39.2 Å². The van der Waals surface area contributed by atoms with Gasteiger partial charge in [-0.15, -0.1) is 0 Å². The molecule has 1 saturated heterocycles. The summed E-state index contributed by atoms with van der Waals surface area (Å²) in [5, 5.41) is 11.4. The van der Waals surface area contributed by atoms with E-state index in [1.807, 2.05) is 0 Å². The van der Waals surface area contributed by atoms with E-state index in [4.69, 9.17) is 27.9 Å². The van der Waals surface area contributed by atoms with E-state index in [-0.39, 0.29) is 22.2 Å². The number of imide groups is 1. The largest absolute Gasteiger partial charge is 0.450 e. The lowest BCUT2D eigenvalue weighted by Crippen LogP contribution is -2.27. The molecule has 1 aliphatic heterocycles. The molecule has 0 unspecified atom stereocenters. The van der Waals surface area contributed by atoms with Crippen LogP contribution >= 0.6 is 35.0 Å². The van der Waals surface area contributed by atoms with Gasteiger partial charge in [-0.3, -0.25) is 24.6 Å². The number of carbonyl (C=O) groups excluding carboxylic acids is 2. The third-order valence-electron chi connectivity index (χ3n) is 5.06. The normalized spacial score (nSPS) is 14.9. The lowest BCUT2D eigenvalue weighted by Gasteiger charge is -2.13. The van der Waals surface area contributed by atoms with E-state index >= 15 is 0 Å². The summed E-state index contributed by atoms with van der Waals surface area (Å²) < 4.78 is 44.3. The van der Waals surface area contributed by atoms with Crippen LogP contribution in [0.3, 0.4) is 0 Å². The smallest absolute Gasteiger partial charge is 0.416 e. The van der Waals surface area contributed by atoms with Gasteiger partial charge >= 0.3 is 11.9 Å². The highest BCUT2D eigenvalue weighted by molar-refractivity contribution is 8.18. The van der Waals surface area contributed by atoms with Gasteiger partial charge in [-0.2, -0.15) is 13.2 Å². The predicted octanol–water partition coefficient (Wildman–Crippen LogP) is 7.95. The Morgan fingerprint density at radius 1 is 1.03 bits per heavy atom. The van der Waals surface area contributed by atoms with Crippen LogP contribution < -0.4 is 4.74 Å². The number of thioether (sulfide) groups is 1. The molecule has 3 aromatic carbocycles. The first-order chi connectivity index (χ1) is 17.4. The zero-order valence-corrected chi connectivity index (χ0v) is 20.6. The predicted molar refractivity (Wildman–Crippen MR) is 133 cm³/mol.